The van der Waals surface area contributed by atoms with Crippen molar-refractivity contribution < 1.29 is 27.8 Å². The molecule has 0 aromatic heterocycles. The predicted molar refractivity (Wildman–Crippen MR) is 116 cm³/mol. The van der Waals surface area contributed by atoms with Gasteiger partial charge in [0.1, 0.15) is 0 Å². The summed E-state index contributed by atoms with van der Waals surface area (Å²) in [6.07, 6.45) is 1.83. The topological polar surface area (TPSA) is 105 Å². The van der Waals surface area contributed by atoms with Crippen LogP contribution in [-0.2, 0) is 10.0 Å². The number of benzene rings is 2. The molecule has 0 spiro atoms. The summed E-state index contributed by atoms with van der Waals surface area (Å²) in [5.74, 6) is 0.624. The molecule has 1 heterocycles. The third kappa shape index (κ3) is 5.36. The summed E-state index contributed by atoms with van der Waals surface area (Å²) in [6.45, 7) is 1.04. The van der Waals surface area contributed by atoms with Crippen molar-refractivity contribution in [1.82, 2.24) is 9.62 Å². The summed E-state index contributed by atoms with van der Waals surface area (Å²) in [4.78, 5) is 12.6. The smallest absolute Gasteiger partial charge is 0.251 e. The van der Waals surface area contributed by atoms with Crippen LogP contribution in [0.1, 0.15) is 41.3 Å². The van der Waals surface area contributed by atoms with Gasteiger partial charge in [0.05, 0.1) is 25.2 Å². The highest BCUT2D eigenvalue weighted by Crippen LogP contribution is 2.29. The Labute approximate surface area is 182 Å². The van der Waals surface area contributed by atoms with Crippen LogP contribution in [0.4, 0.5) is 0 Å². The van der Waals surface area contributed by atoms with E-state index in [0.717, 1.165) is 19.3 Å². The molecule has 1 amide bonds. The summed E-state index contributed by atoms with van der Waals surface area (Å²) in [6, 6.07) is 10.9. The molecule has 2 aromatic carbocycles. The van der Waals surface area contributed by atoms with E-state index < -0.39 is 22.0 Å². The number of amides is 1. The summed E-state index contributed by atoms with van der Waals surface area (Å²) >= 11 is 0. The lowest BCUT2D eigenvalue weighted by molar-refractivity contribution is 0.0916. The maximum Gasteiger partial charge on any atom is 0.251 e. The van der Waals surface area contributed by atoms with Gasteiger partial charge in [-0.15, -0.1) is 0 Å². The van der Waals surface area contributed by atoms with Crippen LogP contribution in [-0.4, -0.2) is 57.6 Å². The molecule has 1 aliphatic heterocycles. The van der Waals surface area contributed by atoms with Crippen molar-refractivity contribution >= 4 is 15.9 Å². The van der Waals surface area contributed by atoms with Crippen LogP contribution in [0.3, 0.4) is 0 Å². The fourth-order valence-corrected chi connectivity index (χ4v) is 5.02. The molecule has 0 bridgehead atoms. The van der Waals surface area contributed by atoms with Crippen LogP contribution in [0.25, 0.3) is 0 Å². The number of carbonyl (C=O) groups is 1. The molecule has 1 saturated heterocycles. The van der Waals surface area contributed by atoms with Crippen LogP contribution < -0.4 is 14.8 Å². The third-order valence-corrected chi connectivity index (χ3v) is 7.23. The first-order valence-corrected chi connectivity index (χ1v) is 11.6. The molecule has 0 radical (unpaired) electrons. The van der Waals surface area contributed by atoms with E-state index in [4.69, 9.17) is 9.47 Å². The minimum absolute atomic E-state index is 0.0118. The minimum atomic E-state index is -3.54. The van der Waals surface area contributed by atoms with Crippen molar-refractivity contribution in [2.45, 2.75) is 30.3 Å². The molecule has 9 heteroatoms. The predicted octanol–water partition coefficient (Wildman–Crippen LogP) is 2.34. The Balaban J connectivity index is 1.62. The maximum absolute atomic E-state index is 12.7. The van der Waals surface area contributed by atoms with Crippen LogP contribution >= 0.6 is 0 Å². The van der Waals surface area contributed by atoms with Crippen LogP contribution in [0.15, 0.2) is 47.4 Å². The number of aliphatic hydroxyl groups excluding tert-OH is 1. The number of aliphatic hydroxyl groups is 1. The number of hydrogen-bond acceptors (Lipinski definition) is 6. The molecular weight excluding hydrogens is 420 g/mol. The maximum atomic E-state index is 12.7. The van der Waals surface area contributed by atoms with Gasteiger partial charge in [-0.2, -0.15) is 4.31 Å². The average molecular weight is 449 g/mol. The Hall–Kier alpha value is -2.62. The molecule has 1 fully saturated rings. The minimum Gasteiger partial charge on any atom is -0.493 e. The highest BCUT2D eigenvalue weighted by molar-refractivity contribution is 7.89. The molecular formula is C22H28N2O6S. The van der Waals surface area contributed by atoms with E-state index in [0.29, 0.717) is 35.7 Å². The number of hydrogen-bond donors (Lipinski definition) is 2. The molecule has 1 aliphatic rings. The summed E-state index contributed by atoms with van der Waals surface area (Å²) in [5.41, 5.74) is 0.887. The Bertz CT molecular complexity index is 1000. The van der Waals surface area contributed by atoms with E-state index in [2.05, 4.69) is 5.32 Å². The van der Waals surface area contributed by atoms with Crippen LogP contribution in [0.2, 0.25) is 0 Å². The molecule has 31 heavy (non-hydrogen) atoms. The number of nitrogens with zero attached hydrogens (tertiary/aromatic N) is 1. The molecule has 1 atom stereocenters. The van der Waals surface area contributed by atoms with E-state index in [-0.39, 0.29) is 11.4 Å². The molecule has 2 N–H and O–H groups in total. The zero-order valence-corrected chi connectivity index (χ0v) is 18.5. The number of sulfonamides is 1. The van der Waals surface area contributed by atoms with Gasteiger partial charge < -0.3 is 19.9 Å². The number of ether oxygens (including phenoxy) is 2. The van der Waals surface area contributed by atoms with Crippen LogP contribution in [0, 0.1) is 0 Å². The fraction of sp³-hybridized carbons (Fsp3) is 0.409. The molecule has 0 saturated carbocycles. The van der Waals surface area contributed by atoms with Gasteiger partial charge in [0.2, 0.25) is 10.0 Å². The highest BCUT2D eigenvalue weighted by Gasteiger charge is 2.26. The third-order valence-electron chi connectivity index (χ3n) is 5.32. The molecule has 8 nitrogen and oxygen atoms in total. The number of carbonyl (C=O) groups excluding carboxylic acids is 1. The van der Waals surface area contributed by atoms with Gasteiger partial charge in [-0.05, 0) is 54.8 Å². The second-order valence-electron chi connectivity index (χ2n) is 7.33. The molecule has 1 unspecified atom stereocenters. The van der Waals surface area contributed by atoms with Gasteiger partial charge >= 0.3 is 0 Å². The molecule has 0 aliphatic carbocycles. The van der Waals surface area contributed by atoms with Crippen molar-refractivity contribution in [3.05, 3.63) is 53.6 Å². The quantitative estimate of drug-likeness (QED) is 0.642. The van der Waals surface area contributed by atoms with E-state index >= 15 is 0 Å². The van der Waals surface area contributed by atoms with Gasteiger partial charge in [-0.25, -0.2) is 8.42 Å². The second kappa shape index (κ2) is 10.1. The summed E-state index contributed by atoms with van der Waals surface area (Å²) in [7, 11) is -0.509. The Morgan fingerprint density at radius 3 is 2.29 bits per heavy atom. The lowest BCUT2D eigenvalue weighted by Crippen LogP contribution is -2.35. The van der Waals surface area contributed by atoms with Gasteiger partial charge in [-0.3, -0.25) is 4.79 Å². The Kier molecular flexibility index (Phi) is 7.53. The lowest BCUT2D eigenvalue weighted by Gasteiger charge is -2.25. The standard InChI is InChI=1S/C22H28N2O6S/c1-29-20-11-8-17(14-21(20)30-2)19(25)15-23-22(26)16-6-9-18(10-7-16)31(27,28)24-12-4-3-5-13-24/h6-11,14,19,25H,3-5,12-13,15H2,1-2H3,(H,23,26). The molecule has 3 rings (SSSR count). The summed E-state index contributed by atoms with van der Waals surface area (Å²) in [5, 5.41) is 13.1. The first-order valence-electron chi connectivity index (χ1n) is 10.1. The van der Waals surface area contributed by atoms with Crippen molar-refractivity contribution in [3.63, 3.8) is 0 Å². The van der Waals surface area contributed by atoms with Crippen molar-refractivity contribution in [3.8, 4) is 11.5 Å². The van der Waals surface area contributed by atoms with Crippen molar-refractivity contribution in [2.24, 2.45) is 0 Å². The van der Waals surface area contributed by atoms with Crippen molar-refractivity contribution in [2.75, 3.05) is 33.9 Å². The average Bonchev–Trinajstić information content (AvgIpc) is 2.82. The van der Waals surface area contributed by atoms with Gasteiger partial charge in [0.25, 0.3) is 5.91 Å². The highest BCUT2D eigenvalue weighted by atomic mass is 32.2. The SMILES string of the molecule is COc1ccc(C(O)CNC(=O)c2ccc(S(=O)(=O)N3CCCCC3)cc2)cc1OC. The van der Waals surface area contributed by atoms with Crippen LogP contribution in [0.5, 0.6) is 11.5 Å². The molecule has 2 aromatic rings. The van der Waals surface area contributed by atoms with E-state index in [1.165, 1.54) is 42.8 Å². The molecule has 168 valence electrons. The monoisotopic (exact) mass is 448 g/mol. The lowest BCUT2D eigenvalue weighted by atomic mass is 10.1. The summed E-state index contributed by atoms with van der Waals surface area (Å²) < 4.78 is 37.3. The normalized spacial score (nSPS) is 15.8. The number of nitrogens with one attached hydrogen (secondary N) is 1. The van der Waals surface area contributed by atoms with E-state index in [1.807, 2.05) is 0 Å². The zero-order valence-electron chi connectivity index (χ0n) is 17.7. The largest absolute Gasteiger partial charge is 0.493 e. The van der Waals surface area contributed by atoms with Gasteiger partial charge in [-0.1, -0.05) is 12.5 Å². The first kappa shape index (κ1) is 23.1. The second-order valence-corrected chi connectivity index (χ2v) is 9.27. The Morgan fingerprint density at radius 2 is 1.68 bits per heavy atom. The number of piperidine rings is 1. The number of methoxy groups -OCH3 is 2. The van der Waals surface area contributed by atoms with E-state index in [9.17, 15) is 18.3 Å². The zero-order chi connectivity index (χ0) is 22.4. The van der Waals surface area contributed by atoms with E-state index in [1.54, 1.807) is 18.2 Å². The van der Waals surface area contributed by atoms with Gasteiger partial charge in [0.15, 0.2) is 11.5 Å². The first-order chi connectivity index (χ1) is 14.9. The van der Waals surface area contributed by atoms with Crippen molar-refractivity contribution in [1.29, 1.82) is 0 Å². The number of rotatable bonds is 8. The van der Waals surface area contributed by atoms with Gasteiger partial charge in [0, 0.05) is 25.2 Å². The fourth-order valence-electron chi connectivity index (χ4n) is 3.50. The Morgan fingerprint density at radius 1 is 1.03 bits per heavy atom.